The topological polar surface area (TPSA) is 87.1 Å². The Bertz CT molecular complexity index is 1560. The van der Waals surface area contributed by atoms with Gasteiger partial charge in [0, 0.05) is 18.7 Å². The third-order valence-electron chi connectivity index (χ3n) is 7.70. The molecule has 0 radical (unpaired) electrons. The highest BCUT2D eigenvalue weighted by Crippen LogP contribution is 2.44. The molecule has 1 saturated heterocycles. The molecule has 0 N–H and O–H groups in total. The van der Waals surface area contributed by atoms with Gasteiger partial charge in [0.2, 0.25) is 5.43 Å². The van der Waals surface area contributed by atoms with E-state index in [1.807, 2.05) is 91.0 Å². The van der Waals surface area contributed by atoms with Crippen LogP contribution in [0.15, 0.2) is 102 Å². The number of pyridine rings is 1. The average Bonchev–Trinajstić information content (AvgIpc) is 3.03. The Morgan fingerprint density at radius 2 is 1.54 bits per heavy atom. The van der Waals surface area contributed by atoms with E-state index in [1.165, 1.54) is 13.3 Å². The number of benzene rings is 3. The quantitative estimate of drug-likeness (QED) is 0.308. The summed E-state index contributed by atoms with van der Waals surface area (Å²) in [5, 5.41) is 0. The van der Waals surface area contributed by atoms with Gasteiger partial charge in [0.05, 0.1) is 19.8 Å². The summed E-state index contributed by atoms with van der Waals surface area (Å²) in [6, 6.07) is 28.8. The van der Waals surface area contributed by atoms with E-state index in [0.717, 1.165) is 16.7 Å². The first-order valence-corrected chi connectivity index (χ1v) is 13.6. The van der Waals surface area contributed by atoms with Gasteiger partial charge in [-0.2, -0.15) is 0 Å². The van der Waals surface area contributed by atoms with Crippen LogP contribution in [0.3, 0.4) is 0 Å². The van der Waals surface area contributed by atoms with Gasteiger partial charge in [-0.15, -0.1) is 0 Å². The average molecular weight is 551 g/mol. The van der Waals surface area contributed by atoms with E-state index in [0.29, 0.717) is 19.6 Å². The lowest BCUT2D eigenvalue weighted by molar-refractivity contribution is -0.114. The second kappa shape index (κ2) is 11.4. The molecule has 1 fully saturated rings. The van der Waals surface area contributed by atoms with Crippen molar-refractivity contribution in [2.75, 3.05) is 20.3 Å². The highest BCUT2D eigenvalue weighted by molar-refractivity contribution is 5.98. The van der Waals surface area contributed by atoms with Gasteiger partial charge in [0.1, 0.15) is 12.2 Å². The van der Waals surface area contributed by atoms with Crippen LogP contribution in [-0.2, 0) is 16.1 Å². The number of rotatable bonds is 7. The molecule has 208 valence electrons. The lowest BCUT2D eigenvalue weighted by Crippen LogP contribution is -2.57. The third kappa shape index (κ3) is 4.91. The fourth-order valence-electron chi connectivity index (χ4n) is 5.83. The molecule has 1 amide bonds. The van der Waals surface area contributed by atoms with Gasteiger partial charge in [0.25, 0.3) is 5.91 Å². The van der Waals surface area contributed by atoms with Gasteiger partial charge in [-0.3, -0.25) is 9.59 Å². The number of carbonyl (C=O) groups is 2. The molecule has 1 aromatic heterocycles. The molecule has 0 saturated carbocycles. The van der Waals surface area contributed by atoms with Crippen molar-refractivity contribution in [2.45, 2.75) is 31.2 Å². The van der Waals surface area contributed by atoms with Crippen molar-refractivity contribution >= 4 is 11.9 Å². The Kier molecular flexibility index (Phi) is 7.39. The third-order valence-corrected chi connectivity index (χ3v) is 7.70. The zero-order valence-corrected chi connectivity index (χ0v) is 22.6. The van der Waals surface area contributed by atoms with E-state index >= 15 is 0 Å². The van der Waals surface area contributed by atoms with E-state index < -0.39 is 23.7 Å². The largest absolute Gasteiger partial charge is 0.483 e. The summed E-state index contributed by atoms with van der Waals surface area (Å²) < 4.78 is 19.1. The van der Waals surface area contributed by atoms with Crippen LogP contribution < -0.4 is 10.2 Å². The van der Waals surface area contributed by atoms with Crippen molar-refractivity contribution in [1.29, 1.82) is 0 Å². The molecule has 41 heavy (non-hydrogen) atoms. The molecule has 2 aliphatic heterocycles. The fourth-order valence-corrected chi connectivity index (χ4v) is 5.83. The van der Waals surface area contributed by atoms with Crippen LogP contribution in [0.2, 0.25) is 0 Å². The number of aromatic nitrogens is 1. The highest BCUT2D eigenvalue weighted by atomic mass is 16.5. The Balaban J connectivity index is 1.61. The van der Waals surface area contributed by atoms with Gasteiger partial charge >= 0.3 is 5.97 Å². The minimum Gasteiger partial charge on any atom is -0.483 e. The number of fused-ring (bicyclic) bond motifs is 2. The predicted octanol–water partition coefficient (Wildman–Crippen LogP) is 4.79. The first-order chi connectivity index (χ1) is 20.1. The number of nitrogens with zero attached hydrogens (tertiary/aromatic N) is 2. The molecule has 2 aliphatic rings. The van der Waals surface area contributed by atoms with E-state index in [1.54, 1.807) is 9.47 Å². The second-order valence-corrected chi connectivity index (χ2v) is 10.1. The lowest BCUT2D eigenvalue weighted by Gasteiger charge is -2.48. The van der Waals surface area contributed by atoms with Crippen molar-refractivity contribution in [3.63, 3.8) is 0 Å². The van der Waals surface area contributed by atoms with Crippen LogP contribution in [0.5, 0.6) is 5.75 Å². The summed E-state index contributed by atoms with van der Waals surface area (Å²) in [4.78, 5) is 42.5. The van der Waals surface area contributed by atoms with Gasteiger partial charge < -0.3 is 23.7 Å². The summed E-state index contributed by atoms with van der Waals surface area (Å²) in [5.41, 5.74) is 2.04. The fraction of sp³-hybridized carbons (Fsp3) is 0.242. The van der Waals surface area contributed by atoms with Gasteiger partial charge in [-0.1, -0.05) is 91.0 Å². The van der Waals surface area contributed by atoms with Gasteiger partial charge in [-0.25, -0.2) is 4.79 Å². The van der Waals surface area contributed by atoms with Crippen LogP contribution in [0, 0.1) is 0 Å². The molecule has 1 unspecified atom stereocenters. The molecule has 8 heteroatoms. The number of amides is 1. The Labute approximate surface area is 237 Å². The second-order valence-electron chi connectivity index (χ2n) is 10.1. The molecule has 3 heterocycles. The molecule has 4 aromatic rings. The Morgan fingerprint density at radius 1 is 0.927 bits per heavy atom. The normalized spacial score (nSPS) is 18.0. The van der Waals surface area contributed by atoms with E-state index in [4.69, 9.17) is 14.2 Å². The molecule has 3 aromatic carbocycles. The minimum absolute atomic E-state index is 0.0480. The van der Waals surface area contributed by atoms with E-state index in [-0.39, 0.29) is 35.4 Å². The predicted molar refractivity (Wildman–Crippen MR) is 152 cm³/mol. The molecule has 0 spiro atoms. The maximum absolute atomic E-state index is 14.1. The molecule has 8 nitrogen and oxygen atoms in total. The highest BCUT2D eigenvalue weighted by Gasteiger charge is 2.48. The zero-order valence-electron chi connectivity index (χ0n) is 22.6. The van der Waals surface area contributed by atoms with Crippen LogP contribution in [0.25, 0.3) is 0 Å². The van der Waals surface area contributed by atoms with Crippen LogP contribution in [0.4, 0.5) is 0 Å². The van der Waals surface area contributed by atoms with Crippen LogP contribution in [-0.4, -0.2) is 47.8 Å². The van der Waals surface area contributed by atoms with Crippen molar-refractivity contribution in [2.24, 2.45) is 0 Å². The number of ether oxygens (including phenoxy) is 3. The number of hydrogen-bond donors (Lipinski definition) is 0. The molecular formula is C33H30N2O6. The molecule has 2 atom stereocenters. The zero-order chi connectivity index (χ0) is 28.3. The molecule has 6 rings (SSSR count). The standard InChI is InChI=1S/C33H30N2O6/c1-39-33(38)25-20-35-27(26(23-14-7-3-8-15-23)24-16-9-4-10-17-24)32-34(18-11-19-40-32)31(37)28(35)30(29(25)36)41-21-22-12-5-2-6-13-22/h2-10,12-17,20,26-27,32H,11,18-19,21H2,1H3/t27?,32-/m0/s1. The smallest absolute Gasteiger partial charge is 0.343 e. The first-order valence-electron chi connectivity index (χ1n) is 13.6. The van der Waals surface area contributed by atoms with Gasteiger partial charge in [-0.05, 0) is 23.1 Å². The van der Waals surface area contributed by atoms with Gasteiger partial charge in [0.15, 0.2) is 17.7 Å². The van der Waals surface area contributed by atoms with Crippen molar-refractivity contribution in [1.82, 2.24) is 9.47 Å². The minimum atomic E-state index is -0.802. The summed E-state index contributed by atoms with van der Waals surface area (Å²) in [6.07, 6.45) is 1.47. The Hall–Kier alpha value is -4.69. The summed E-state index contributed by atoms with van der Waals surface area (Å²) in [6.45, 7) is 1.01. The lowest BCUT2D eigenvalue weighted by atomic mass is 9.82. The molecule has 0 bridgehead atoms. The van der Waals surface area contributed by atoms with Crippen LogP contribution >= 0.6 is 0 Å². The van der Waals surface area contributed by atoms with Crippen molar-refractivity contribution in [3.8, 4) is 5.75 Å². The van der Waals surface area contributed by atoms with E-state index in [2.05, 4.69) is 0 Å². The number of esters is 1. The monoisotopic (exact) mass is 550 g/mol. The Morgan fingerprint density at radius 3 is 2.15 bits per heavy atom. The number of hydrogen-bond acceptors (Lipinski definition) is 6. The summed E-state index contributed by atoms with van der Waals surface area (Å²) in [7, 11) is 1.22. The first kappa shape index (κ1) is 26.5. The molecule has 0 aliphatic carbocycles. The SMILES string of the molecule is COC(=O)c1cn2c(c(OCc3ccccc3)c1=O)C(=O)N1CCCO[C@H]1C2C(c1ccccc1)c1ccccc1. The van der Waals surface area contributed by atoms with Crippen molar-refractivity contribution in [3.05, 3.63) is 135 Å². The van der Waals surface area contributed by atoms with Crippen molar-refractivity contribution < 1.29 is 23.8 Å². The number of carbonyl (C=O) groups excluding carboxylic acids is 2. The maximum atomic E-state index is 14.1. The summed E-state index contributed by atoms with van der Waals surface area (Å²) in [5.74, 6) is -1.63. The van der Waals surface area contributed by atoms with Crippen LogP contribution in [0.1, 0.15) is 55.9 Å². The molecular weight excluding hydrogens is 520 g/mol. The number of methoxy groups -OCH3 is 1. The maximum Gasteiger partial charge on any atom is 0.343 e. The summed E-state index contributed by atoms with van der Waals surface area (Å²) >= 11 is 0. The van der Waals surface area contributed by atoms with E-state index in [9.17, 15) is 14.4 Å².